The van der Waals surface area contributed by atoms with Crippen LogP contribution in [0.25, 0.3) is 0 Å². The first kappa shape index (κ1) is 16.6. The number of rotatable bonds is 6. The van der Waals surface area contributed by atoms with Gasteiger partial charge in [0.25, 0.3) is 0 Å². The van der Waals surface area contributed by atoms with Crippen molar-refractivity contribution in [1.29, 1.82) is 0 Å². The van der Waals surface area contributed by atoms with E-state index in [4.69, 9.17) is 29.0 Å². The normalized spacial score (nSPS) is 12.4. The molecule has 0 bridgehead atoms. The molecule has 1 unspecified atom stereocenters. The van der Waals surface area contributed by atoms with Crippen molar-refractivity contribution in [1.82, 2.24) is 5.43 Å². The van der Waals surface area contributed by atoms with Crippen LogP contribution in [-0.4, -0.2) is 11.8 Å². The van der Waals surface area contributed by atoms with Crippen LogP contribution in [0.2, 0.25) is 10.0 Å². The first-order valence-electron chi connectivity index (χ1n) is 6.38. The summed E-state index contributed by atoms with van der Waals surface area (Å²) in [6.45, 7) is 0. The highest BCUT2D eigenvalue weighted by molar-refractivity contribution is 7.99. The van der Waals surface area contributed by atoms with Crippen molar-refractivity contribution in [3.63, 3.8) is 0 Å². The first-order valence-corrected chi connectivity index (χ1v) is 8.12. The van der Waals surface area contributed by atoms with Crippen LogP contribution in [0.15, 0.2) is 47.4 Å². The number of nitrogens with two attached hydrogens (primary N) is 1. The number of hydrogen-bond donors (Lipinski definition) is 2. The minimum absolute atomic E-state index is 0.110. The Morgan fingerprint density at radius 2 is 1.81 bits per heavy atom. The Hall–Kier alpha value is -0.780. The van der Waals surface area contributed by atoms with Crippen LogP contribution >= 0.6 is 35.0 Å². The second-order valence-electron chi connectivity index (χ2n) is 4.51. The molecule has 2 aromatic carbocycles. The van der Waals surface area contributed by atoms with Gasteiger partial charge >= 0.3 is 0 Å². The molecular weight excluding hydrogens is 330 g/mol. The van der Waals surface area contributed by atoms with E-state index in [9.17, 15) is 4.39 Å². The molecule has 112 valence electrons. The maximum atomic E-state index is 13.8. The minimum Gasteiger partial charge on any atom is -0.271 e. The van der Waals surface area contributed by atoms with E-state index in [-0.39, 0.29) is 11.9 Å². The molecule has 2 nitrogen and oxygen atoms in total. The summed E-state index contributed by atoms with van der Waals surface area (Å²) >= 11 is 13.7. The third-order valence-corrected chi connectivity index (χ3v) is 5.06. The van der Waals surface area contributed by atoms with Gasteiger partial charge in [-0.1, -0.05) is 41.4 Å². The fourth-order valence-electron chi connectivity index (χ4n) is 1.89. The molecule has 0 radical (unpaired) electrons. The van der Waals surface area contributed by atoms with Crippen LogP contribution in [-0.2, 0) is 6.42 Å². The lowest BCUT2D eigenvalue weighted by Gasteiger charge is -2.17. The highest BCUT2D eigenvalue weighted by Crippen LogP contribution is 2.28. The van der Waals surface area contributed by atoms with Crippen molar-refractivity contribution >= 4 is 35.0 Å². The van der Waals surface area contributed by atoms with Gasteiger partial charge in [-0.2, -0.15) is 0 Å². The molecule has 0 aliphatic carbocycles. The lowest BCUT2D eigenvalue weighted by Crippen LogP contribution is -2.39. The standard InChI is InChI=1S/C15H15Cl2FN2S/c16-12-5-3-6-14(18)11(12)8-10(20-19)9-21-15-7-2-1-4-13(15)17/h1-7,10,20H,8-9,19H2. The molecule has 2 aromatic rings. The van der Waals surface area contributed by atoms with Crippen LogP contribution in [0, 0.1) is 5.82 Å². The molecule has 0 saturated heterocycles. The van der Waals surface area contributed by atoms with E-state index in [1.54, 1.807) is 23.9 Å². The van der Waals surface area contributed by atoms with Crippen molar-refractivity contribution < 1.29 is 4.39 Å². The highest BCUT2D eigenvalue weighted by Gasteiger charge is 2.15. The summed E-state index contributed by atoms with van der Waals surface area (Å²) in [5.74, 6) is 5.90. The molecule has 0 spiro atoms. The SMILES string of the molecule is NNC(CSc1ccccc1Cl)Cc1c(F)cccc1Cl. The predicted octanol–water partition coefficient (Wildman–Crippen LogP) is 4.30. The average molecular weight is 345 g/mol. The first-order chi connectivity index (χ1) is 10.1. The molecule has 3 N–H and O–H groups in total. The largest absolute Gasteiger partial charge is 0.271 e. The van der Waals surface area contributed by atoms with E-state index >= 15 is 0 Å². The number of thioether (sulfide) groups is 1. The van der Waals surface area contributed by atoms with Gasteiger partial charge in [-0.25, -0.2) is 4.39 Å². The molecule has 0 amide bonds. The topological polar surface area (TPSA) is 38.0 Å². The fourth-order valence-corrected chi connectivity index (χ4v) is 3.41. The summed E-state index contributed by atoms with van der Waals surface area (Å²) in [5, 5.41) is 1.11. The molecule has 0 aromatic heterocycles. The summed E-state index contributed by atoms with van der Waals surface area (Å²) in [7, 11) is 0. The molecule has 6 heteroatoms. The predicted molar refractivity (Wildman–Crippen MR) is 88.4 cm³/mol. The van der Waals surface area contributed by atoms with Gasteiger partial charge in [0.05, 0.1) is 5.02 Å². The smallest absolute Gasteiger partial charge is 0.127 e. The van der Waals surface area contributed by atoms with Crippen LogP contribution in [0.4, 0.5) is 4.39 Å². The monoisotopic (exact) mass is 344 g/mol. The Kier molecular flexibility index (Phi) is 6.33. The van der Waals surface area contributed by atoms with Gasteiger partial charge in [0.2, 0.25) is 0 Å². The van der Waals surface area contributed by atoms with Gasteiger partial charge in [0, 0.05) is 27.3 Å². The average Bonchev–Trinajstić information content (AvgIpc) is 2.48. The zero-order valence-corrected chi connectivity index (χ0v) is 13.5. The lowest BCUT2D eigenvalue weighted by atomic mass is 10.1. The third-order valence-electron chi connectivity index (χ3n) is 3.02. The Morgan fingerprint density at radius 3 is 2.48 bits per heavy atom. The summed E-state index contributed by atoms with van der Waals surface area (Å²) in [5.41, 5.74) is 3.18. The van der Waals surface area contributed by atoms with E-state index in [2.05, 4.69) is 5.43 Å². The van der Waals surface area contributed by atoms with E-state index < -0.39 is 0 Å². The summed E-state index contributed by atoms with van der Waals surface area (Å²) in [4.78, 5) is 0.971. The number of nitrogens with one attached hydrogen (secondary N) is 1. The van der Waals surface area contributed by atoms with E-state index in [0.717, 1.165) is 4.90 Å². The van der Waals surface area contributed by atoms with Crippen molar-refractivity contribution in [2.24, 2.45) is 5.84 Å². The van der Waals surface area contributed by atoms with Crippen LogP contribution in [0.1, 0.15) is 5.56 Å². The van der Waals surface area contributed by atoms with Crippen molar-refractivity contribution in [2.45, 2.75) is 17.4 Å². The molecule has 0 aliphatic rings. The molecule has 2 rings (SSSR count). The molecule has 0 heterocycles. The maximum absolute atomic E-state index is 13.8. The number of halogens is 3. The minimum atomic E-state index is -0.314. The number of hydrogen-bond acceptors (Lipinski definition) is 3. The third kappa shape index (κ3) is 4.59. The van der Waals surface area contributed by atoms with Gasteiger partial charge in [-0.15, -0.1) is 11.8 Å². The molecule has 21 heavy (non-hydrogen) atoms. The lowest BCUT2D eigenvalue weighted by molar-refractivity contribution is 0.547. The quantitative estimate of drug-likeness (QED) is 0.466. The molecular formula is C15H15Cl2FN2S. The summed E-state index contributed by atoms with van der Waals surface area (Å²) in [6, 6.07) is 12.1. The second kappa shape index (κ2) is 8.01. The van der Waals surface area contributed by atoms with Crippen LogP contribution in [0.3, 0.4) is 0 Å². The van der Waals surface area contributed by atoms with Gasteiger partial charge < -0.3 is 0 Å². The molecule has 1 atom stereocenters. The fraction of sp³-hybridized carbons (Fsp3) is 0.200. The van der Waals surface area contributed by atoms with Gasteiger partial charge in [0.1, 0.15) is 5.82 Å². The van der Waals surface area contributed by atoms with E-state index in [1.165, 1.54) is 6.07 Å². The molecule has 0 aliphatic heterocycles. The molecule has 0 fully saturated rings. The number of benzene rings is 2. The van der Waals surface area contributed by atoms with Gasteiger partial charge in [-0.05, 0) is 30.7 Å². The zero-order valence-electron chi connectivity index (χ0n) is 11.2. The van der Waals surface area contributed by atoms with E-state index in [1.807, 2.05) is 24.3 Å². The highest BCUT2D eigenvalue weighted by atomic mass is 35.5. The van der Waals surface area contributed by atoms with Crippen molar-refractivity contribution in [3.8, 4) is 0 Å². The second-order valence-corrected chi connectivity index (χ2v) is 6.39. The summed E-state index contributed by atoms with van der Waals surface area (Å²) in [6.07, 6.45) is 0.416. The van der Waals surface area contributed by atoms with Crippen molar-refractivity contribution in [2.75, 3.05) is 5.75 Å². The Bertz CT molecular complexity index is 590. The summed E-state index contributed by atoms with van der Waals surface area (Å²) < 4.78 is 13.8. The van der Waals surface area contributed by atoms with Crippen LogP contribution < -0.4 is 11.3 Å². The Labute approximate surface area is 137 Å². The Balaban J connectivity index is 2.02. The Morgan fingerprint density at radius 1 is 1.10 bits per heavy atom. The van der Waals surface area contributed by atoms with Crippen LogP contribution in [0.5, 0.6) is 0 Å². The van der Waals surface area contributed by atoms with Gasteiger partial charge in [-0.3, -0.25) is 11.3 Å². The maximum Gasteiger partial charge on any atom is 0.127 e. The number of hydrazine groups is 1. The van der Waals surface area contributed by atoms with Crippen molar-refractivity contribution in [3.05, 3.63) is 63.9 Å². The van der Waals surface area contributed by atoms with E-state index in [0.29, 0.717) is 27.8 Å². The zero-order chi connectivity index (χ0) is 15.2. The van der Waals surface area contributed by atoms with Gasteiger partial charge in [0.15, 0.2) is 0 Å². The molecule has 0 saturated carbocycles.